The average Bonchev–Trinajstić information content (AvgIpc) is 2.89. The molecule has 0 atom stereocenters. The number of phenols is 1. The van der Waals surface area contributed by atoms with Crippen LogP contribution in [0.2, 0.25) is 0 Å². The Morgan fingerprint density at radius 1 is 1.10 bits per heavy atom. The van der Waals surface area contributed by atoms with Gasteiger partial charge in [0.2, 0.25) is 0 Å². The number of rotatable bonds is 2. The highest BCUT2D eigenvalue weighted by molar-refractivity contribution is 5.90. The first-order valence-electron chi connectivity index (χ1n) is 6.25. The molecule has 0 spiro atoms. The Labute approximate surface area is 115 Å². The molecule has 3 rings (SSSR count). The minimum atomic E-state index is -0.436. The number of carbonyl (C=O) groups is 1. The minimum absolute atomic E-state index is 0.174. The van der Waals surface area contributed by atoms with E-state index >= 15 is 0 Å². The van der Waals surface area contributed by atoms with E-state index in [-0.39, 0.29) is 12.4 Å². The van der Waals surface area contributed by atoms with Crippen LogP contribution in [0.3, 0.4) is 0 Å². The van der Waals surface area contributed by atoms with E-state index in [9.17, 15) is 9.90 Å². The largest absolute Gasteiger partial charge is 0.508 e. The molecule has 0 saturated heterocycles. The summed E-state index contributed by atoms with van der Waals surface area (Å²) in [6.45, 7) is 0.234. The van der Waals surface area contributed by atoms with Crippen LogP contribution >= 0.6 is 0 Å². The zero-order valence-corrected chi connectivity index (χ0v) is 10.7. The van der Waals surface area contributed by atoms with E-state index < -0.39 is 6.09 Å². The van der Waals surface area contributed by atoms with Gasteiger partial charge in [-0.2, -0.15) is 0 Å². The fourth-order valence-corrected chi connectivity index (χ4v) is 2.08. The van der Waals surface area contributed by atoms with Crippen LogP contribution < -0.4 is 0 Å². The molecule has 0 aliphatic heterocycles. The van der Waals surface area contributed by atoms with Crippen LogP contribution in [0.25, 0.3) is 10.9 Å². The van der Waals surface area contributed by atoms with Gasteiger partial charge in [0.15, 0.2) is 0 Å². The highest BCUT2D eigenvalue weighted by Crippen LogP contribution is 2.21. The molecule has 3 aromatic rings. The van der Waals surface area contributed by atoms with Crippen molar-refractivity contribution in [2.45, 2.75) is 6.61 Å². The van der Waals surface area contributed by atoms with Crippen LogP contribution in [0.4, 0.5) is 4.79 Å². The van der Waals surface area contributed by atoms with Crippen LogP contribution in [0, 0.1) is 0 Å². The number of nitrogens with zero attached hydrogens (tertiary/aromatic N) is 1. The summed E-state index contributed by atoms with van der Waals surface area (Å²) in [4.78, 5) is 12.1. The molecule has 20 heavy (non-hydrogen) atoms. The standard InChI is InChI=1S/C16H13NO3/c18-14-6-7-15-13(10-14)8-9-17(15)16(19)20-11-12-4-2-1-3-5-12/h1-10,18H,11H2. The molecule has 4 heteroatoms. The van der Waals surface area contributed by atoms with Crippen molar-refractivity contribution in [2.75, 3.05) is 0 Å². The lowest BCUT2D eigenvalue weighted by atomic mass is 10.2. The van der Waals surface area contributed by atoms with Crippen LogP contribution in [-0.4, -0.2) is 15.8 Å². The highest BCUT2D eigenvalue weighted by Gasteiger charge is 2.10. The van der Waals surface area contributed by atoms with Gasteiger partial charge in [0, 0.05) is 11.6 Å². The fourth-order valence-electron chi connectivity index (χ4n) is 2.08. The van der Waals surface area contributed by atoms with Gasteiger partial charge in [0.25, 0.3) is 0 Å². The molecule has 0 fully saturated rings. The molecule has 0 unspecified atom stereocenters. The number of aromatic hydroxyl groups is 1. The summed E-state index contributed by atoms with van der Waals surface area (Å²) < 4.78 is 6.70. The van der Waals surface area contributed by atoms with Gasteiger partial charge in [0.05, 0.1) is 5.52 Å². The average molecular weight is 267 g/mol. The lowest BCUT2D eigenvalue weighted by Crippen LogP contribution is -2.12. The topological polar surface area (TPSA) is 51.5 Å². The number of phenolic OH excluding ortho intramolecular Hbond substituents is 1. The van der Waals surface area contributed by atoms with Gasteiger partial charge in [-0.05, 0) is 29.8 Å². The second kappa shape index (κ2) is 5.09. The van der Waals surface area contributed by atoms with E-state index in [0.29, 0.717) is 5.52 Å². The summed E-state index contributed by atoms with van der Waals surface area (Å²) in [6, 6.07) is 16.1. The molecule has 1 N–H and O–H groups in total. The maximum Gasteiger partial charge on any atom is 0.418 e. The van der Waals surface area contributed by atoms with E-state index in [4.69, 9.17) is 4.74 Å². The molecule has 0 amide bonds. The van der Waals surface area contributed by atoms with Crippen molar-refractivity contribution >= 4 is 17.0 Å². The summed E-state index contributed by atoms with van der Waals surface area (Å²) >= 11 is 0. The maximum absolute atomic E-state index is 12.1. The fraction of sp³-hybridized carbons (Fsp3) is 0.0625. The molecule has 0 radical (unpaired) electrons. The van der Waals surface area contributed by atoms with Crippen molar-refractivity contribution in [1.29, 1.82) is 0 Å². The Hall–Kier alpha value is -2.75. The summed E-state index contributed by atoms with van der Waals surface area (Å²) in [7, 11) is 0. The Morgan fingerprint density at radius 2 is 1.90 bits per heavy atom. The summed E-state index contributed by atoms with van der Waals surface area (Å²) in [6.07, 6.45) is 1.20. The van der Waals surface area contributed by atoms with Crippen molar-refractivity contribution in [3.63, 3.8) is 0 Å². The molecule has 0 saturated carbocycles. The van der Waals surface area contributed by atoms with E-state index in [0.717, 1.165) is 10.9 Å². The van der Waals surface area contributed by atoms with E-state index in [1.54, 1.807) is 30.5 Å². The number of ether oxygens (including phenoxy) is 1. The van der Waals surface area contributed by atoms with Gasteiger partial charge in [0.1, 0.15) is 12.4 Å². The monoisotopic (exact) mass is 267 g/mol. The second-order valence-corrected chi connectivity index (χ2v) is 4.47. The third-order valence-electron chi connectivity index (χ3n) is 3.08. The van der Waals surface area contributed by atoms with Gasteiger partial charge < -0.3 is 9.84 Å². The first-order chi connectivity index (χ1) is 9.74. The Morgan fingerprint density at radius 3 is 2.70 bits per heavy atom. The molecule has 4 nitrogen and oxygen atoms in total. The van der Waals surface area contributed by atoms with E-state index in [2.05, 4.69) is 0 Å². The summed E-state index contributed by atoms with van der Waals surface area (Å²) in [5.41, 5.74) is 1.65. The predicted octanol–water partition coefficient (Wildman–Crippen LogP) is 3.53. The van der Waals surface area contributed by atoms with Crippen molar-refractivity contribution in [2.24, 2.45) is 0 Å². The lowest BCUT2D eigenvalue weighted by Gasteiger charge is -2.06. The first-order valence-corrected chi connectivity index (χ1v) is 6.25. The lowest BCUT2D eigenvalue weighted by molar-refractivity contribution is 0.142. The SMILES string of the molecule is O=C(OCc1ccccc1)n1ccc2cc(O)ccc21. The highest BCUT2D eigenvalue weighted by atomic mass is 16.5. The number of carbonyl (C=O) groups excluding carboxylic acids is 1. The van der Waals surface area contributed by atoms with Gasteiger partial charge in [-0.15, -0.1) is 0 Å². The molecular formula is C16H13NO3. The molecule has 0 aliphatic carbocycles. The molecule has 0 aliphatic rings. The Kier molecular flexibility index (Phi) is 3.13. The number of hydrogen-bond donors (Lipinski definition) is 1. The van der Waals surface area contributed by atoms with Crippen LogP contribution in [0.1, 0.15) is 5.56 Å². The molecule has 0 bridgehead atoms. The zero-order chi connectivity index (χ0) is 13.9. The quantitative estimate of drug-likeness (QED) is 0.772. The number of fused-ring (bicyclic) bond motifs is 1. The van der Waals surface area contributed by atoms with Gasteiger partial charge >= 0.3 is 6.09 Å². The van der Waals surface area contributed by atoms with Crippen molar-refractivity contribution in [3.05, 3.63) is 66.4 Å². The number of hydrogen-bond acceptors (Lipinski definition) is 3. The molecule has 2 aromatic carbocycles. The maximum atomic E-state index is 12.1. The van der Waals surface area contributed by atoms with E-state index in [1.165, 1.54) is 4.57 Å². The minimum Gasteiger partial charge on any atom is -0.508 e. The van der Waals surface area contributed by atoms with Gasteiger partial charge in [-0.3, -0.25) is 4.57 Å². The normalized spacial score (nSPS) is 10.6. The number of aromatic nitrogens is 1. The van der Waals surface area contributed by atoms with Gasteiger partial charge in [-0.25, -0.2) is 4.79 Å². The van der Waals surface area contributed by atoms with Crippen LogP contribution in [-0.2, 0) is 11.3 Å². The second-order valence-electron chi connectivity index (χ2n) is 4.47. The van der Waals surface area contributed by atoms with Crippen molar-refractivity contribution in [1.82, 2.24) is 4.57 Å². The third kappa shape index (κ3) is 2.36. The molecule has 1 aromatic heterocycles. The number of benzene rings is 2. The van der Waals surface area contributed by atoms with Crippen LogP contribution in [0.5, 0.6) is 5.75 Å². The molecule has 1 heterocycles. The Balaban J connectivity index is 1.79. The Bertz CT molecular complexity index is 747. The molecular weight excluding hydrogens is 254 g/mol. The first kappa shape index (κ1) is 12.3. The smallest absolute Gasteiger partial charge is 0.418 e. The summed E-state index contributed by atoms with van der Waals surface area (Å²) in [5, 5.41) is 10.2. The van der Waals surface area contributed by atoms with Crippen molar-refractivity contribution in [3.8, 4) is 5.75 Å². The third-order valence-corrected chi connectivity index (χ3v) is 3.08. The van der Waals surface area contributed by atoms with E-state index in [1.807, 2.05) is 30.3 Å². The van der Waals surface area contributed by atoms with Crippen LogP contribution in [0.15, 0.2) is 60.8 Å². The van der Waals surface area contributed by atoms with Crippen molar-refractivity contribution < 1.29 is 14.6 Å². The predicted molar refractivity (Wildman–Crippen MR) is 75.6 cm³/mol. The molecule has 100 valence electrons. The van der Waals surface area contributed by atoms with Gasteiger partial charge in [-0.1, -0.05) is 30.3 Å². The summed E-state index contributed by atoms with van der Waals surface area (Å²) in [5.74, 6) is 0.174. The zero-order valence-electron chi connectivity index (χ0n) is 10.7.